The van der Waals surface area contributed by atoms with E-state index < -0.39 is 0 Å². The zero-order chi connectivity index (χ0) is 21.3. The van der Waals surface area contributed by atoms with E-state index in [1.807, 2.05) is 48.9 Å². The molecule has 0 saturated carbocycles. The number of carbonyl (C=O) groups excluding carboxylic acids is 1. The number of nitrogens with one attached hydrogen (secondary N) is 1. The van der Waals surface area contributed by atoms with Gasteiger partial charge in [-0.05, 0) is 56.2 Å². The third-order valence-corrected chi connectivity index (χ3v) is 5.53. The Morgan fingerprint density at radius 2 is 2.00 bits per heavy atom. The Balaban J connectivity index is 1.45. The average molecular weight is 443 g/mol. The molecule has 154 valence electrons. The minimum atomic E-state index is -0.0953. The molecule has 0 bridgehead atoms. The van der Waals surface area contributed by atoms with Crippen LogP contribution in [0.15, 0.2) is 47.1 Å². The summed E-state index contributed by atoms with van der Waals surface area (Å²) in [6.07, 6.45) is 2.49. The van der Waals surface area contributed by atoms with Crippen LogP contribution in [0.4, 0.5) is 0 Å². The molecule has 0 fully saturated rings. The highest BCUT2D eigenvalue weighted by molar-refractivity contribution is 6.35. The van der Waals surface area contributed by atoms with Gasteiger partial charge in [0, 0.05) is 28.2 Å². The van der Waals surface area contributed by atoms with Crippen molar-refractivity contribution in [2.75, 3.05) is 6.54 Å². The summed E-state index contributed by atoms with van der Waals surface area (Å²) in [5.41, 5.74) is 4.13. The Bertz CT molecular complexity index is 1210. The lowest BCUT2D eigenvalue weighted by molar-refractivity contribution is -0.121. The number of amides is 1. The standard InChI is InChI=1S/C22H20Cl2N4O2/c1-13-21(14(2)30-27-13)19-6-4-16-8-10-28(22(16)26-19)12-20(29)25-9-7-15-3-5-17(23)11-18(15)24/h3-6,8,10-11H,7,9,12H2,1-2H3,(H,25,29). The van der Waals surface area contributed by atoms with Gasteiger partial charge in [0.25, 0.3) is 0 Å². The number of pyridine rings is 1. The van der Waals surface area contributed by atoms with Gasteiger partial charge < -0.3 is 14.4 Å². The molecule has 6 nitrogen and oxygen atoms in total. The van der Waals surface area contributed by atoms with E-state index in [-0.39, 0.29) is 12.5 Å². The van der Waals surface area contributed by atoms with Gasteiger partial charge >= 0.3 is 0 Å². The van der Waals surface area contributed by atoms with Crippen LogP contribution in [0, 0.1) is 13.8 Å². The molecule has 0 aliphatic heterocycles. The molecule has 0 aliphatic rings. The number of carbonyl (C=O) groups is 1. The van der Waals surface area contributed by atoms with Crippen molar-refractivity contribution in [3.63, 3.8) is 0 Å². The average Bonchev–Trinajstić information content (AvgIpc) is 3.26. The first-order chi connectivity index (χ1) is 14.4. The van der Waals surface area contributed by atoms with Crippen molar-refractivity contribution < 1.29 is 9.32 Å². The van der Waals surface area contributed by atoms with E-state index >= 15 is 0 Å². The van der Waals surface area contributed by atoms with E-state index in [9.17, 15) is 4.79 Å². The number of hydrogen-bond acceptors (Lipinski definition) is 4. The minimum absolute atomic E-state index is 0.0953. The van der Waals surface area contributed by atoms with Crippen LogP contribution >= 0.6 is 23.2 Å². The molecular formula is C22H20Cl2N4O2. The van der Waals surface area contributed by atoms with E-state index in [4.69, 9.17) is 32.7 Å². The molecule has 1 amide bonds. The van der Waals surface area contributed by atoms with Crippen LogP contribution in [0.1, 0.15) is 17.0 Å². The second kappa shape index (κ2) is 8.50. The van der Waals surface area contributed by atoms with Gasteiger partial charge in [0.1, 0.15) is 18.0 Å². The van der Waals surface area contributed by atoms with Gasteiger partial charge in [-0.15, -0.1) is 0 Å². The Morgan fingerprint density at radius 1 is 1.17 bits per heavy atom. The number of halogens is 2. The van der Waals surface area contributed by atoms with Crippen LogP contribution in [0.2, 0.25) is 10.0 Å². The summed E-state index contributed by atoms with van der Waals surface area (Å²) in [5.74, 6) is 0.623. The van der Waals surface area contributed by atoms with Crippen molar-refractivity contribution in [1.82, 2.24) is 20.0 Å². The summed E-state index contributed by atoms with van der Waals surface area (Å²) in [5, 5.41) is 9.09. The fourth-order valence-corrected chi connectivity index (χ4v) is 3.95. The van der Waals surface area contributed by atoms with E-state index in [2.05, 4.69) is 10.5 Å². The number of nitrogens with zero attached hydrogens (tertiary/aromatic N) is 3. The molecule has 1 N–H and O–H groups in total. The zero-order valence-corrected chi connectivity index (χ0v) is 18.1. The third kappa shape index (κ3) is 4.20. The van der Waals surface area contributed by atoms with Crippen molar-refractivity contribution in [2.45, 2.75) is 26.8 Å². The van der Waals surface area contributed by atoms with Crippen LogP contribution in [-0.4, -0.2) is 27.2 Å². The molecule has 1 aromatic carbocycles. The third-order valence-electron chi connectivity index (χ3n) is 4.95. The number of aromatic nitrogens is 3. The number of benzene rings is 1. The van der Waals surface area contributed by atoms with Gasteiger partial charge in [0.15, 0.2) is 0 Å². The molecule has 4 rings (SSSR count). The normalized spacial score (nSPS) is 11.2. The second-order valence-corrected chi connectivity index (χ2v) is 7.93. The largest absolute Gasteiger partial charge is 0.361 e. The highest BCUT2D eigenvalue weighted by Gasteiger charge is 2.15. The van der Waals surface area contributed by atoms with Crippen LogP contribution in [0.25, 0.3) is 22.3 Å². The SMILES string of the molecule is Cc1noc(C)c1-c1ccc2ccn(CC(=O)NCCc3ccc(Cl)cc3Cl)c2n1. The Morgan fingerprint density at radius 3 is 2.73 bits per heavy atom. The summed E-state index contributed by atoms with van der Waals surface area (Å²) in [6.45, 7) is 4.41. The highest BCUT2D eigenvalue weighted by Crippen LogP contribution is 2.27. The predicted molar refractivity (Wildman–Crippen MR) is 118 cm³/mol. The minimum Gasteiger partial charge on any atom is -0.361 e. The first-order valence-electron chi connectivity index (χ1n) is 9.52. The maximum absolute atomic E-state index is 12.5. The van der Waals surface area contributed by atoms with Gasteiger partial charge in [-0.2, -0.15) is 0 Å². The van der Waals surface area contributed by atoms with Gasteiger partial charge in [-0.1, -0.05) is 34.4 Å². The number of rotatable bonds is 6. The Hall–Kier alpha value is -2.83. The van der Waals surface area contributed by atoms with Crippen LogP contribution in [0.3, 0.4) is 0 Å². The van der Waals surface area contributed by atoms with Gasteiger partial charge in [0.2, 0.25) is 5.91 Å². The molecule has 4 aromatic rings. The zero-order valence-electron chi connectivity index (χ0n) is 16.6. The van der Waals surface area contributed by atoms with Crippen LogP contribution in [-0.2, 0) is 17.8 Å². The molecule has 0 atom stereocenters. The van der Waals surface area contributed by atoms with E-state index in [0.29, 0.717) is 23.0 Å². The van der Waals surface area contributed by atoms with E-state index in [0.717, 1.165) is 39.3 Å². The summed E-state index contributed by atoms with van der Waals surface area (Å²) in [6, 6.07) is 11.2. The number of aryl methyl sites for hydroxylation is 2. The van der Waals surface area contributed by atoms with Gasteiger partial charge in [-0.3, -0.25) is 4.79 Å². The molecule has 0 saturated heterocycles. The smallest absolute Gasteiger partial charge is 0.240 e. The van der Waals surface area contributed by atoms with Gasteiger partial charge in [0.05, 0.1) is 17.0 Å². The second-order valence-electron chi connectivity index (χ2n) is 7.09. The van der Waals surface area contributed by atoms with Crippen molar-refractivity contribution >= 4 is 40.1 Å². The predicted octanol–water partition coefficient (Wildman–Crippen LogP) is 4.97. The quantitative estimate of drug-likeness (QED) is 0.457. The molecule has 0 unspecified atom stereocenters. The molecule has 8 heteroatoms. The van der Waals surface area contributed by atoms with Crippen LogP contribution < -0.4 is 5.32 Å². The molecule has 0 radical (unpaired) electrons. The fraction of sp³-hybridized carbons (Fsp3) is 0.227. The molecular weight excluding hydrogens is 423 g/mol. The lowest BCUT2D eigenvalue weighted by atomic mass is 10.1. The lowest BCUT2D eigenvalue weighted by Crippen LogP contribution is -2.29. The summed E-state index contributed by atoms with van der Waals surface area (Å²) >= 11 is 12.1. The summed E-state index contributed by atoms with van der Waals surface area (Å²) in [4.78, 5) is 17.2. The molecule has 0 aliphatic carbocycles. The summed E-state index contributed by atoms with van der Waals surface area (Å²) in [7, 11) is 0. The van der Waals surface area contributed by atoms with Crippen molar-refractivity contribution in [3.8, 4) is 11.3 Å². The fourth-order valence-electron chi connectivity index (χ4n) is 3.45. The van der Waals surface area contributed by atoms with E-state index in [1.54, 1.807) is 12.1 Å². The van der Waals surface area contributed by atoms with Crippen LogP contribution in [0.5, 0.6) is 0 Å². The maximum atomic E-state index is 12.5. The topological polar surface area (TPSA) is 73.0 Å². The highest BCUT2D eigenvalue weighted by atomic mass is 35.5. The monoisotopic (exact) mass is 442 g/mol. The number of hydrogen-bond donors (Lipinski definition) is 1. The maximum Gasteiger partial charge on any atom is 0.240 e. The van der Waals surface area contributed by atoms with Gasteiger partial charge in [-0.25, -0.2) is 4.98 Å². The lowest BCUT2D eigenvalue weighted by Gasteiger charge is -2.09. The first kappa shape index (κ1) is 20.4. The Kier molecular flexibility index (Phi) is 5.79. The first-order valence-corrected chi connectivity index (χ1v) is 10.3. The molecule has 0 spiro atoms. The molecule has 3 heterocycles. The van der Waals surface area contributed by atoms with Crippen molar-refractivity contribution in [2.24, 2.45) is 0 Å². The van der Waals surface area contributed by atoms with E-state index in [1.165, 1.54) is 0 Å². The summed E-state index contributed by atoms with van der Waals surface area (Å²) < 4.78 is 7.09. The molecule has 3 aromatic heterocycles. The molecule has 30 heavy (non-hydrogen) atoms. The van der Waals surface area contributed by atoms with Crippen molar-refractivity contribution in [1.29, 1.82) is 0 Å². The Labute approximate surface area is 183 Å². The number of fused-ring (bicyclic) bond motifs is 1. The van der Waals surface area contributed by atoms with Crippen molar-refractivity contribution in [3.05, 3.63) is 69.7 Å².